The Bertz CT molecular complexity index is 91.3. The molecular formula is C4H9NO3. The van der Waals surface area contributed by atoms with Crippen molar-refractivity contribution in [3.63, 3.8) is 0 Å². The molecule has 4 nitrogen and oxygen atoms in total. The lowest BCUT2D eigenvalue weighted by Crippen LogP contribution is -2.38. The second-order valence-corrected chi connectivity index (χ2v) is 1.55. The van der Waals surface area contributed by atoms with Crippen LogP contribution < -0.4 is 5.73 Å². The van der Waals surface area contributed by atoms with Gasteiger partial charge in [-0.15, -0.1) is 0 Å². The summed E-state index contributed by atoms with van der Waals surface area (Å²) in [5.74, 6) is -0.528. The number of rotatable bonds is 2. The van der Waals surface area contributed by atoms with E-state index >= 15 is 0 Å². The van der Waals surface area contributed by atoms with E-state index in [1.807, 2.05) is 0 Å². The van der Waals surface area contributed by atoms with Gasteiger partial charge in [-0.25, -0.2) is 0 Å². The number of carbonyl (C=O) groups excluding carboxylic acids is 1. The third-order valence-corrected chi connectivity index (χ3v) is 0.740. The summed E-state index contributed by atoms with van der Waals surface area (Å²) in [4.78, 5) is 10.1. The van der Waals surface area contributed by atoms with E-state index in [0.29, 0.717) is 0 Å². The van der Waals surface area contributed by atoms with Gasteiger partial charge in [0.2, 0.25) is 0 Å². The Morgan fingerprint density at radius 1 is 1.62 bits per heavy atom. The van der Waals surface area contributed by atoms with E-state index in [-0.39, 0.29) is 0 Å². The van der Waals surface area contributed by atoms with E-state index in [1.54, 1.807) is 0 Å². The summed E-state index contributed by atoms with van der Waals surface area (Å²) in [5.41, 5.74) is 4.72. The fourth-order valence-electron chi connectivity index (χ4n) is 0.240. The van der Waals surface area contributed by atoms with E-state index in [0.717, 1.165) is 6.92 Å². The van der Waals surface area contributed by atoms with Gasteiger partial charge in [-0.2, -0.15) is 0 Å². The summed E-state index contributed by atoms with van der Waals surface area (Å²) in [5, 5.41) is 16.8. The number of hydrogen-bond acceptors (Lipinski definition) is 4. The maximum Gasteiger partial charge on any atom is 0.162 e. The lowest BCUT2D eigenvalue weighted by Gasteiger charge is -2.07. The van der Waals surface area contributed by atoms with Crippen molar-refractivity contribution in [2.24, 2.45) is 5.73 Å². The third kappa shape index (κ3) is 2.02. The number of nitrogens with two attached hydrogens (primary N) is 1. The van der Waals surface area contributed by atoms with Crippen molar-refractivity contribution in [1.29, 1.82) is 0 Å². The molecule has 0 aromatic carbocycles. The van der Waals surface area contributed by atoms with Crippen LogP contribution in [0.15, 0.2) is 0 Å². The van der Waals surface area contributed by atoms with Crippen LogP contribution in [0.2, 0.25) is 0 Å². The molecule has 0 fully saturated rings. The molecule has 0 saturated heterocycles. The first kappa shape index (κ1) is 7.55. The molecule has 2 atom stereocenters. The van der Waals surface area contributed by atoms with Gasteiger partial charge >= 0.3 is 0 Å². The van der Waals surface area contributed by atoms with E-state index in [4.69, 9.17) is 15.9 Å². The number of ketones is 1. The Balaban J connectivity index is 3.64. The highest BCUT2D eigenvalue weighted by Crippen LogP contribution is 1.85. The smallest absolute Gasteiger partial charge is 0.162 e. The summed E-state index contributed by atoms with van der Waals surface area (Å²) >= 11 is 0. The van der Waals surface area contributed by atoms with Crippen molar-refractivity contribution in [3.8, 4) is 0 Å². The SMILES string of the molecule is CC(=O)C(O)C(N)O. The first-order chi connectivity index (χ1) is 3.55. The first-order valence-corrected chi connectivity index (χ1v) is 2.18. The van der Waals surface area contributed by atoms with E-state index < -0.39 is 18.1 Å². The summed E-state index contributed by atoms with van der Waals surface area (Å²) in [7, 11) is 0. The van der Waals surface area contributed by atoms with Crippen LogP contribution in [0.4, 0.5) is 0 Å². The normalized spacial score (nSPS) is 17.5. The Hall–Kier alpha value is -0.450. The van der Waals surface area contributed by atoms with Crippen molar-refractivity contribution in [3.05, 3.63) is 0 Å². The predicted molar refractivity (Wildman–Crippen MR) is 26.9 cm³/mol. The van der Waals surface area contributed by atoms with Gasteiger partial charge < -0.3 is 15.9 Å². The molecule has 2 unspecified atom stereocenters. The lowest BCUT2D eigenvalue weighted by molar-refractivity contribution is -0.130. The Labute approximate surface area is 46.9 Å². The second kappa shape index (κ2) is 2.76. The van der Waals surface area contributed by atoms with Crippen LogP contribution in [0, 0.1) is 0 Å². The van der Waals surface area contributed by atoms with E-state index in [9.17, 15) is 4.79 Å². The van der Waals surface area contributed by atoms with Crippen LogP contribution in [-0.2, 0) is 4.79 Å². The number of hydrogen-bond donors (Lipinski definition) is 3. The minimum absolute atomic E-state index is 0.528. The van der Waals surface area contributed by atoms with Crippen molar-refractivity contribution >= 4 is 5.78 Å². The van der Waals surface area contributed by atoms with Crippen molar-refractivity contribution in [2.45, 2.75) is 19.3 Å². The molecule has 0 aliphatic heterocycles. The number of aliphatic hydroxyl groups is 2. The minimum atomic E-state index is -1.45. The summed E-state index contributed by atoms with van der Waals surface area (Å²) < 4.78 is 0. The number of Topliss-reactive ketones (excluding diaryl/α,β-unsaturated/α-hetero) is 1. The van der Waals surface area contributed by atoms with Crippen molar-refractivity contribution < 1.29 is 15.0 Å². The van der Waals surface area contributed by atoms with Crippen LogP contribution in [0.3, 0.4) is 0 Å². The van der Waals surface area contributed by atoms with Gasteiger partial charge in [0, 0.05) is 0 Å². The van der Waals surface area contributed by atoms with Crippen LogP contribution in [0.25, 0.3) is 0 Å². The maximum atomic E-state index is 10.1. The van der Waals surface area contributed by atoms with Crippen LogP contribution in [0.5, 0.6) is 0 Å². The third-order valence-electron chi connectivity index (χ3n) is 0.740. The zero-order valence-corrected chi connectivity index (χ0v) is 4.53. The monoisotopic (exact) mass is 119 g/mol. The molecule has 0 aliphatic rings. The number of carbonyl (C=O) groups is 1. The Morgan fingerprint density at radius 2 is 2.00 bits per heavy atom. The maximum absolute atomic E-state index is 10.1. The molecule has 0 amide bonds. The Kier molecular flexibility index (Phi) is 2.60. The first-order valence-electron chi connectivity index (χ1n) is 2.18. The molecule has 0 spiro atoms. The molecule has 0 radical (unpaired) electrons. The average Bonchev–Trinajstić information content (AvgIpc) is 1.64. The lowest BCUT2D eigenvalue weighted by atomic mass is 10.2. The van der Waals surface area contributed by atoms with Crippen molar-refractivity contribution in [1.82, 2.24) is 0 Å². The van der Waals surface area contributed by atoms with Crippen LogP contribution in [-0.4, -0.2) is 28.3 Å². The van der Waals surface area contributed by atoms with Gasteiger partial charge in [0.05, 0.1) is 0 Å². The zero-order valence-electron chi connectivity index (χ0n) is 4.53. The number of aliphatic hydroxyl groups excluding tert-OH is 2. The summed E-state index contributed by atoms with van der Waals surface area (Å²) in [6, 6.07) is 0. The largest absolute Gasteiger partial charge is 0.381 e. The van der Waals surface area contributed by atoms with Crippen LogP contribution >= 0.6 is 0 Å². The van der Waals surface area contributed by atoms with Gasteiger partial charge in [-0.05, 0) is 6.92 Å². The molecule has 0 saturated carbocycles. The highest BCUT2D eigenvalue weighted by atomic mass is 16.3. The molecule has 0 aromatic rings. The highest BCUT2D eigenvalue weighted by Gasteiger charge is 2.15. The Morgan fingerprint density at radius 3 is 2.00 bits per heavy atom. The van der Waals surface area contributed by atoms with Gasteiger partial charge in [-0.3, -0.25) is 4.79 Å². The fraction of sp³-hybridized carbons (Fsp3) is 0.750. The van der Waals surface area contributed by atoms with Gasteiger partial charge in [0.1, 0.15) is 6.23 Å². The molecule has 4 N–H and O–H groups in total. The van der Waals surface area contributed by atoms with Gasteiger partial charge in [0.25, 0.3) is 0 Å². The highest BCUT2D eigenvalue weighted by molar-refractivity contribution is 5.80. The molecule has 0 rings (SSSR count). The molecule has 4 heteroatoms. The minimum Gasteiger partial charge on any atom is -0.381 e. The molecule has 0 bridgehead atoms. The molecule has 0 aliphatic carbocycles. The quantitative estimate of drug-likeness (QED) is 0.375. The fourth-order valence-corrected chi connectivity index (χ4v) is 0.240. The molecule has 0 heterocycles. The standard InChI is InChI=1S/C4H9NO3/c1-2(6)3(7)4(5)8/h3-4,7-8H,5H2,1H3. The van der Waals surface area contributed by atoms with Crippen molar-refractivity contribution in [2.75, 3.05) is 0 Å². The molecule has 0 aromatic heterocycles. The van der Waals surface area contributed by atoms with Gasteiger partial charge in [0.15, 0.2) is 11.9 Å². The summed E-state index contributed by atoms with van der Waals surface area (Å²) in [6.07, 6.45) is -2.89. The topological polar surface area (TPSA) is 83.5 Å². The average molecular weight is 119 g/mol. The molecular weight excluding hydrogens is 110 g/mol. The van der Waals surface area contributed by atoms with Crippen LogP contribution in [0.1, 0.15) is 6.92 Å². The van der Waals surface area contributed by atoms with Gasteiger partial charge in [-0.1, -0.05) is 0 Å². The molecule has 48 valence electrons. The summed E-state index contributed by atoms with van der Waals surface area (Å²) in [6.45, 7) is 1.15. The zero-order chi connectivity index (χ0) is 6.73. The predicted octanol–water partition coefficient (Wildman–Crippen LogP) is -1.79. The second-order valence-electron chi connectivity index (χ2n) is 1.55. The molecule has 8 heavy (non-hydrogen) atoms. The van der Waals surface area contributed by atoms with E-state index in [2.05, 4.69) is 0 Å². The van der Waals surface area contributed by atoms with E-state index in [1.165, 1.54) is 0 Å².